The molecule has 0 bridgehead atoms. The molecule has 1 aliphatic carbocycles. The zero-order valence-electron chi connectivity index (χ0n) is 7.07. The molecule has 68 valence electrons. The summed E-state index contributed by atoms with van der Waals surface area (Å²) >= 11 is 0. The third kappa shape index (κ3) is 2.13. The fourth-order valence-corrected chi connectivity index (χ4v) is 1.43. The van der Waals surface area contributed by atoms with Crippen LogP contribution in [0.25, 0.3) is 0 Å². The largest absolute Gasteiger partial charge is 0.412 e. The predicted molar refractivity (Wildman–Crippen MR) is 41.7 cm³/mol. The highest BCUT2D eigenvalue weighted by atomic mass is 19.4. The van der Waals surface area contributed by atoms with Crippen LogP contribution in [0, 0.1) is 5.92 Å². The number of allylic oxidation sites excluding steroid dienone is 4. The van der Waals surface area contributed by atoms with E-state index in [1.807, 2.05) is 6.08 Å². The normalized spacial score (nSPS) is 24.9. The van der Waals surface area contributed by atoms with Gasteiger partial charge in [-0.2, -0.15) is 13.2 Å². The molecule has 0 nitrogen and oxygen atoms in total. The van der Waals surface area contributed by atoms with Crippen LogP contribution in [-0.4, -0.2) is 6.18 Å². The second-order valence-electron chi connectivity index (χ2n) is 3.26. The molecule has 0 fully saturated rings. The van der Waals surface area contributed by atoms with Gasteiger partial charge in [0.2, 0.25) is 0 Å². The van der Waals surface area contributed by atoms with E-state index in [4.69, 9.17) is 0 Å². The smallest absolute Gasteiger partial charge is 0.166 e. The molecule has 3 heteroatoms. The van der Waals surface area contributed by atoms with Crippen molar-refractivity contribution >= 4 is 0 Å². The summed E-state index contributed by atoms with van der Waals surface area (Å²) in [5.74, 6) is 0.00613. The van der Waals surface area contributed by atoms with Gasteiger partial charge in [0.15, 0.2) is 0 Å². The van der Waals surface area contributed by atoms with Crippen LogP contribution in [0.5, 0.6) is 0 Å². The number of alkyl halides is 3. The second-order valence-corrected chi connectivity index (χ2v) is 3.26. The topological polar surface area (TPSA) is 0 Å². The van der Waals surface area contributed by atoms with Crippen LogP contribution in [0.3, 0.4) is 0 Å². The standard InChI is InChI=1S/C9H11F3/c1-6-3-7(2)5-8(4-6)9(10,11)12/h3-4,7H,5H2,1-2H3. The van der Waals surface area contributed by atoms with Gasteiger partial charge in [-0.1, -0.05) is 24.6 Å². The van der Waals surface area contributed by atoms with Crippen molar-refractivity contribution < 1.29 is 13.2 Å². The van der Waals surface area contributed by atoms with Crippen molar-refractivity contribution in [3.05, 3.63) is 23.3 Å². The van der Waals surface area contributed by atoms with E-state index >= 15 is 0 Å². The Hall–Kier alpha value is -0.730. The minimum Gasteiger partial charge on any atom is -0.166 e. The molecule has 1 atom stereocenters. The average molecular weight is 176 g/mol. The number of rotatable bonds is 0. The first-order chi connectivity index (χ1) is 5.39. The highest BCUT2D eigenvalue weighted by Crippen LogP contribution is 2.34. The molecule has 0 aromatic rings. The number of hydrogen-bond acceptors (Lipinski definition) is 0. The Kier molecular flexibility index (Phi) is 2.31. The van der Waals surface area contributed by atoms with Crippen molar-refractivity contribution in [1.82, 2.24) is 0 Å². The van der Waals surface area contributed by atoms with Gasteiger partial charge in [0.05, 0.1) is 0 Å². The monoisotopic (exact) mass is 176 g/mol. The molecular weight excluding hydrogens is 165 g/mol. The van der Waals surface area contributed by atoms with E-state index in [0.29, 0.717) is 5.57 Å². The Morgan fingerprint density at radius 2 is 2.00 bits per heavy atom. The van der Waals surface area contributed by atoms with E-state index in [1.165, 1.54) is 6.08 Å². The molecule has 0 saturated carbocycles. The summed E-state index contributed by atoms with van der Waals surface area (Å²) in [7, 11) is 0. The Balaban J connectivity index is 2.87. The van der Waals surface area contributed by atoms with E-state index in [1.54, 1.807) is 13.8 Å². The molecule has 0 spiro atoms. The Bertz CT molecular complexity index is 233. The minimum atomic E-state index is -4.15. The SMILES string of the molecule is CC1=CC(C)CC(C(F)(F)F)=C1. The Morgan fingerprint density at radius 1 is 1.42 bits per heavy atom. The lowest BCUT2D eigenvalue weighted by molar-refractivity contribution is -0.0950. The highest BCUT2D eigenvalue weighted by molar-refractivity contribution is 5.29. The van der Waals surface area contributed by atoms with Crippen LogP contribution in [0.4, 0.5) is 13.2 Å². The van der Waals surface area contributed by atoms with Gasteiger partial charge in [0.25, 0.3) is 0 Å². The summed E-state index contributed by atoms with van der Waals surface area (Å²) in [5.41, 5.74) is 0.302. The molecule has 0 saturated heterocycles. The highest BCUT2D eigenvalue weighted by Gasteiger charge is 2.34. The first-order valence-corrected chi connectivity index (χ1v) is 3.86. The van der Waals surface area contributed by atoms with Gasteiger partial charge in [-0.05, 0) is 19.3 Å². The van der Waals surface area contributed by atoms with Crippen molar-refractivity contribution in [3.8, 4) is 0 Å². The van der Waals surface area contributed by atoms with Gasteiger partial charge in [-0.15, -0.1) is 0 Å². The lowest BCUT2D eigenvalue weighted by atomic mass is 9.92. The van der Waals surface area contributed by atoms with Crippen molar-refractivity contribution in [1.29, 1.82) is 0 Å². The van der Waals surface area contributed by atoms with Crippen molar-refractivity contribution in [2.75, 3.05) is 0 Å². The molecule has 0 radical (unpaired) electrons. The van der Waals surface area contributed by atoms with Crippen molar-refractivity contribution in [2.24, 2.45) is 5.92 Å². The summed E-state index contributed by atoms with van der Waals surface area (Å²) in [6.07, 6.45) is -0.958. The van der Waals surface area contributed by atoms with Gasteiger partial charge < -0.3 is 0 Å². The fourth-order valence-electron chi connectivity index (χ4n) is 1.43. The second kappa shape index (κ2) is 2.96. The summed E-state index contributed by atoms with van der Waals surface area (Å²) in [5, 5.41) is 0. The van der Waals surface area contributed by atoms with E-state index in [-0.39, 0.29) is 12.3 Å². The van der Waals surface area contributed by atoms with Gasteiger partial charge in [-0.25, -0.2) is 0 Å². The number of halogens is 3. The molecule has 0 aliphatic heterocycles. The van der Waals surface area contributed by atoms with E-state index in [2.05, 4.69) is 0 Å². The zero-order valence-corrected chi connectivity index (χ0v) is 7.07. The zero-order chi connectivity index (χ0) is 9.35. The van der Waals surface area contributed by atoms with Gasteiger partial charge in [-0.3, -0.25) is 0 Å². The predicted octanol–water partition coefficient (Wildman–Crippen LogP) is 3.46. The molecule has 0 amide bonds. The summed E-state index contributed by atoms with van der Waals surface area (Å²) in [6, 6.07) is 0. The summed E-state index contributed by atoms with van der Waals surface area (Å²) in [4.78, 5) is 0. The maximum absolute atomic E-state index is 12.2. The maximum atomic E-state index is 12.2. The maximum Gasteiger partial charge on any atom is 0.412 e. The van der Waals surface area contributed by atoms with E-state index in [9.17, 15) is 13.2 Å². The van der Waals surface area contributed by atoms with Crippen LogP contribution in [0.15, 0.2) is 23.3 Å². The Morgan fingerprint density at radius 3 is 2.42 bits per heavy atom. The van der Waals surface area contributed by atoms with E-state index in [0.717, 1.165) is 0 Å². The minimum absolute atomic E-state index is 0.00613. The van der Waals surface area contributed by atoms with Gasteiger partial charge >= 0.3 is 6.18 Å². The molecule has 1 aliphatic rings. The molecule has 1 rings (SSSR count). The lowest BCUT2D eigenvalue weighted by Crippen LogP contribution is -2.16. The molecule has 1 unspecified atom stereocenters. The molecule has 12 heavy (non-hydrogen) atoms. The number of hydrogen-bond donors (Lipinski definition) is 0. The molecule has 0 aromatic carbocycles. The van der Waals surface area contributed by atoms with Crippen LogP contribution < -0.4 is 0 Å². The average Bonchev–Trinajstić information content (AvgIpc) is 1.82. The first kappa shape index (κ1) is 9.36. The quantitative estimate of drug-likeness (QED) is 0.530. The summed E-state index contributed by atoms with van der Waals surface area (Å²) in [6.45, 7) is 3.49. The fraction of sp³-hybridized carbons (Fsp3) is 0.556. The van der Waals surface area contributed by atoms with E-state index < -0.39 is 11.7 Å². The molecule has 0 aromatic heterocycles. The van der Waals surface area contributed by atoms with Gasteiger partial charge in [0, 0.05) is 5.57 Å². The Labute approximate surface area is 69.8 Å². The molecule has 0 heterocycles. The van der Waals surface area contributed by atoms with Crippen LogP contribution in [0.1, 0.15) is 20.3 Å². The van der Waals surface area contributed by atoms with Gasteiger partial charge in [0.1, 0.15) is 0 Å². The molecular formula is C9H11F3. The third-order valence-electron chi connectivity index (χ3n) is 1.86. The third-order valence-corrected chi connectivity index (χ3v) is 1.86. The summed E-state index contributed by atoms with van der Waals surface area (Å²) < 4.78 is 36.6. The van der Waals surface area contributed by atoms with Crippen LogP contribution >= 0.6 is 0 Å². The molecule has 0 N–H and O–H groups in total. The lowest BCUT2D eigenvalue weighted by Gasteiger charge is -2.19. The van der Waals surface area contributed by atoms with Crippen LogP contribution in [0.2, 0.25) is 0 Å². The van der Waals surface area contributed by atoms with Crippen molar-refractivity contribution in [3.63, 3.8) is 0 Å². The first-order valence-electron chi connectivity index (χ1n) is 3.86. The van der Waals surface area contributed by atoms with Crippen LogP contribution in [-0.2, 0) is 0 Å². The van der Waals surface area contributed by atoms with Crippen molar-refractivity contribution in [2.45, 2.75) is 26.4 Å².